The van der Waals surface area contributed by atoms with E-state index < -0.39 is 12.7 Å². The van der Waals surface area contributed by atoms with Crippen LogP contribution < -0.4 is 4.90 Å². The molecule has 0 unspecified atom stereocenters. The Morgan fingerprint density at radius 2 is 1.90 bits per heavy atom. The van der Waals surface area contributed by atoms with Crippen LogP contribution in [0.3, 0.4) is 0 Å². The zero-order valence-corrected chi connectivity index (χ0v) is 12.5. The van der Waals surface area contributed by atoms with E-state index in [0.29, 0.717) is 16.9 Å². The third kappa shape index (κ3) is 3.79. The van der Waals surface area contributed by atoms with Gasteiger partial charge in [-0.2, -0.15) is 13.2 Å². The summed E-state index contributed by atoms with van der Waals surface area (Å²) >= 11 is 5.90. The molecule has 2 nitrogen and oxygen atoms in total. The molecule has 114 valence electrons. The summed E-state index contributed by atoms with van der Waals surface area (Å²) in [7, 11) is 0. The molecule has 0 spiro atoms. The average molecular weight is 317 g/mol. The van der Waals surface area contributed by atoms with E-state index in [1.165, 1.54) is 4.90 Å². The molecule has 0 fully saturated rings. The number of aromatic nitrogens is 1. The number of hydrogen-bond acceptors (Lipinski definition) is 2. The van der Waals surface area contributed by atoms with Crippen molar-refractivity contribution in [1.29, 1.82) is 0 Å². The van der Waals surface area contributed by atoms with Crippen molar-refractivity contribution in [1.82, 2.24) is 4.98 Å². The number of benzene rings is 1. The Labute approximate surface area is 126 Å². The van der Waals surface area contributed by atoms with Crippen molar-refractivity contribution in [2.75, 3.05) is 11.4 Å². The van der Waals surface area contributed by atoms with Gasteiger partial charge < -0.3 is 4.90 Å². The van der Waals surface area contributed by atoms with Crippen molar-refractivity contribution in [3.05, 3.63) is 35.9 Å². The Hall–Kier alpha value is -1.49. The number of pyridine rings is 1. The molecule has 0 bridgehead atoms. The number of fused-ring (bicyclic) bond motifs is 1. The molecule has 0 radical (unpaired) electrons. The summed E-state index contributed by atoms with van der Waals surface area (Å²) in [6.45, 7) is 2.38. The van der Waals surface area contributed by atoms with Gasteiger partial charge in [-0.1, -0.05) is 18.2 Å². The predicted molar refractivity (Wildman–Crippen MR) is 79.8 cm³/mol. The van der Waals surface area contributed by atoms with E-state index in [9.17, 15) is 13.2 Å². The fraction of sp³-hybridized carbons (Fsp3) is 0.400. The molecule has 0 amide bonds. The monoisotopic (exact) mass is 316 g/mol. The highest BCUT2D eigenvalue weighted by Gasteiger charge is 2.33. The Kier molecular flexibility index (Phi) is 4.61. The van der Waals surface area contributed by atoms with Crippen LogP contribution in [0.5, 0.6) is 0 Å². The minimum atomic E-state index is -4.29. The molecule has 2 aromatic rings. The molecule has 21 heavy (non-hydrogen) atoms. The standard InChI is InChI=1S/C15H16ClF3N2/c1-10(2)21(9-15(17,18)19)14-12(8-16)7-11-5-3-4-6-13(11)20-14/h3-7,10H,8-9H2,1-2H3. The van der Waals surface area contributed by atoms with Crippen LogP contribution in [0, 0.1) is 0 Å². The second-order valence-corrected chi connectivity index (χ2v) is 5.40. The molecule has 0 saturated heterocycles. The highest BCUT2D eigenvalue weighted by atomic mass is 35.5. The summed E-state index contributed by atoms with van der Waals surface area (Å²) in [6, 6.07) is 8.79. The quantitative estimate of drug-likeness (QED) is 0.757. The van der Waals surface area contributed by atoms with E-state index in [4.69, 9.17) is 11.6 Å². The first-order valence-corrected chi connectivity index (χ1v) is 7.13. The Morgan fingerprint density at radius 3 is 2.48 bits per heavy atom. The fourth-order valence-electron chi connectivity index (χ4n) is 2.19. The summed E-state index contributed by atoms with van der Waals surface area (Å²) in [5, 5.41) is 0.868. The van der Waals surface area contributed by atoms with Crippen molar-refractivity contribution >= 4 is 28.3 Å². The van der Waals surface area contributed by atoms with E-state index in [-0.39, 0.29) is 11.9 Å². The molecular weight excluding hydrogens is 301 g/mol. The van der Waals surface area contributed by atoms with E-state index in [1.807, 2.05) is 18.2 Å². The number of rotatable bonds is 4. The van der Waals surface area contributed by atoms with Crippen LogP contribution in [0.25, 0.3) is 10.9 Å². The van der Waals surface area contributed by atoms with Gasteiger partial charge in [-0.3, -0.25) is 0 Å². The molecule has 0 saturated carbocycles. The molecular formula is C15H16ClF3N2. The van der Waals surface area contributed by atoms with Crippen LogP contribution in [-0.2, 0) is 5.88 Å². The molecule has 0 atom stereocenters. The van der Waals surface area contributed by atoms with Crippen LogP contribution in [0.4, 0.5) is 19.0 Å². The first-order valence-electron chi connectivity index (χ1n) is 6.60. The minimum Gasteiger partial charge on any atom is -0.345 e. The maximum Gasteiger partial charge on any atom is 0.405 e. The number of hydrogen-bond donors (Lipinski definition) is 0. The van der Waals surface area contributed by atoms with Crippen molar-refractivity contribution in [2.24, 2.45) is 0 Å². The molecule has 0 aliphatic heterocycles. The molecule has 1 heterocycles. The van der Waals surface area contributed by atoms with Crippen LogP contribution in [0.1, 0.15) is 19.4 Å². The van der Waals surface area contributed by atoms with Gasteiger partial charge in [0.1, 0.15) is 12.4 Å². The number of halogens is 4. The van der Waals surface area contributed by atoms with E-state index in [2.05, 4.69) is 4.98 Å². The van der Waals surface area contributed by atoms with Crippen molar-refractivity contribution in [3.8, 4) is 0 Å². The summed E-state index contributed by atoms with van der Waals surface area (Å²) in [4.78, 5) is 5.63. The summed E-state index contributed by atoms with van der Waals surface area (Å²) in [5.41, 5.74) is 1.27. The van der Waals surface area contributed by atoms with E-state index >= 15 is 0 Å². The SMILES string of the molecule is CC(C)N(CC(F)(F)F)c1nc2ccccc2cc1CCl. The molecule has 1 aromatic heterocycles. The van der Waals surface area contributed by atoms with Gasteiger partial charge in [0.05, 0.1) is 11.4 Å². The lowest BCUT2D eigenvalue weighted by molar-refractivity contribution is -0.120. The summed E-state index contributed by atoms with van der Waals surface area (Å²) in [6.07, 6.45) is -4.29. The lowest BCUT2D eigenvalue weighted by atomic mass is 10.1. The lowest BCUT2D eigenvalue weighted by Crippen LogP contribution is -2.40. The average Bonchev–Trinajstić information content (AvgIpc) is 2.42. The third-order valence-corrected chi connectivity index (χ3v) is 3.46. The maximum atomic E-state index is 12.8. The zero-order valence-electron chi connectivity index (χ0n) is 11.8. The second kappa shape index (κ2) is 6.10. The second-order valence-electron chi connectivity index (χ2n) is 5.13. The largest absolute Gasteiger partial charge is 0.405 e. The molecule has 0 N–H and O–H groups in total. The van der Waals surface area contributed by atoms with Crippen LogP contribution >= 0.6 is 11.6 Å². The Morgan fingerprint density at radius 1 is 1.24 bits per heavy atom. The molecule has 0 aliphatic carbocycles. The fourth-order valence-corrected chi connectivity index (χ4v) is 2.39. The smallest absolute Gasteiger partial charge is 0.345 e. The lowest BCUT2D eigenvalue weighted by Gasteiger charge is -2.30. The van der Waals surface area contributed by atoms with Gasteiger partial charge in [0.25, 0.3) is 0 Å². The van der Waals surface area contributed by atoms with Crippen molar-refractivity contribution in [2.45, 2.75) is 31.9 Å². The highest BCUT2D eigenvalue weighted by molar-refractivity contribution is 6.17. The summed E-state index contributed by atoms with van der Waals surface area (Å²) < 4.78 is 38.4. The summed E-state index contributed by atoms with van der Waals surface area (Å²) in [5.74, 6) is 0.421. The van der Waals surface area contributed by atoms with E-state index in [0.717, 1.165) is 5.39 Å². The van der Waals surface area contributed by atoms with Crippen molar-refractivity contribution < 1.29 is 13.2 Å². The highest BCUT2D eigenvalue weighted by Crippen LogP contribution is 2.29. The van der Waals surface area contributed by atoms with Gasteiger partial charge in [-0.05, 0) is 26.0 Å². The van der Waals surface area contributed by atoms with Gasteiger partial charge >= 0.3 is 6.18 Å². The van der Waals surface area contributed by atoms with Crippen LogP contribution in [-0.4, -0.2) is 23.7 Å². The molecule has 1 aromatic carbocycles. The van der Waals surface area contributed by atoms with Crippen molar-refractivity contribution in [3.63, 3.8) is 0 Å². The van der Waals surface area contributed by atoms with Gasteiger partial charge in [0.15, 0.2) is 0 Å². The molecule has 6 heteroatoms. The zero-order chi connectivity index (χ0) is 15.6. The predicted octanol–water partition coefficient (Wildman–Crippen LogP) is 4.75. The molecule has 2 rings (SSSR count). The Bertz CT molecular complexity index is 626. The first-order chi connectivity index (χ1) is 9.81. The van der Waals surface area contributed by atoms with Crippen LogP contribution in [0.15, 0.2) is 30.3 Å². The third-order valence-electron chi connectivity index (χ3n) is 3.17. The first kappa shape index (κ1) is 15.9. The number of para-hydroxylation sites is 1. The maximum absolute atomic E-state index is 12.8. The van der Waals surface area contributed by atoms with Crippen LogP contribution in [0.2, 0.25) is 0 Å². The molecule has 0 aliphatic rings. The number of nitrogens with zero attached hydrogens (tertiary/aromatic N) is 2. The Balaban J connectivity index is 2.55. The number of anilines is 1. The topological polar surface area (TPSA) is 16.1 Å². The normalized spacial score (nSPS) is 12.1. The minimum absolute atomic E-state index is 0.119. The van der Waals surface area contributed by atoms with Gasteiger partial charge in [0, 0.05) is 17.0 Å². The van der Waals surface area contributed by atoms with Gasteiger partial charge in [-0.25, -0.2) is 4.98 Å². The number of alkyl halides is 4. The van der Waals surface area contributed by atoms with Gasteiger partial charge in [-0.15, -0.1) is 11.6 Å². The van der Waals surface area contributed by atoms with Gasteiger partial charge in [0.2, 0.25) is 0 Å². The van der Waals surface area contributed by atoms with E-state index in [1.54, 1.807) is 26.0 Å².